The molecular weight excluding hydrogens is 302 g/mol. The Kier molecular flexibility index (Phi) is 6.18. The molecule has 22 heavy (non-hydrogen) atoms. The van der Waals surface area contributed by atoms with Gasteiger partial charge in [0, 0.05) is 37.1 Å². The van der Waals surface area contributed by atoms with Crippen molar-refractivity contribution in [3.63, 3.8) is 0 Å². The van der Waals surface area contributed by atoms with Crippen LogP contribution in [0.15, 0.2) is 11.6 Å². The molecule has 0 aliphatic heterocycles. The van der Waals surface area contributed by atoms with Gasteiger partial charge in [0.2, 0.25) is 0 Å². The average molecular weight is 325 g/mol. The quantitative estimate of drug-likeness (QED) is 0.841. The van der Waals surface area contributed by atoms with Crippen molar-refractivity contribution in [2.24, 2.45) is 5.92 Å². The topological polar surface area (TPSA) is 82.5 Å². The average Bonchev–Trinajstić information content (AvgIpc) is 3.01. The van der Waals surface area contributed by atoms with Crippen LogP contribution < -0.4 is 5.32 Å². The number of urea groups is 1. The van der Waals surface area contributed by atoms with Crippen molar-refractivity contribution >= 4 is 23.3 Å². The number of nitrogens with one attached hydrogen (secondary N) is 1. The third-order valence-electron chi connectivity index (χ3n) is 4.15. The van der Waals surface area contributed by atoms with Gasteiger partial charge in [-0.3, -0.25) is 4.79 Å². The van der Waals surface area contributed by atoms with E-state index in [1.807, 2.05) is 12.3 Å². The number of carbonyl (C=O) groups excluding carboxylic acids is 1. The summed E-state index contributed by atoms with van der Waals surface area (Å²) in [7, 11) is 0. The second kappa shape index (κ2) is 8.12. The van der Waals surface area contributed by atoms with E-state index >= 15 is 0 Å². The molecule has 2 N–H and O–H groups in total. The van der Waals surface area contributed by atoms with E-state index in [4.69, 9.17) is 5.11 Å². The van der Waals surface area contributed by atoms with E-state index in [2.05, 4.69) is 10.3 Å². The Bertz CT molecular complexity index is 484. The Balaban J connectivity index is 1.76. The molecule has 1 aromatic rings. The van der Waals surface area contributed by atoms with Crippen LogP contribution >= 0.6 is 11.3 Å². The highest BCUT2D eigenvalue weighted by molar-refractivity contribution is 7.09. The van der Waals surface area contributed by atoms with E-state index in [0.717, 1.165) is 24.3 Å². The van der Waals surface area contributed by atoms with E-state index < -0.39 is 5.97 Å². The Morgan fingerprint density at radius 3 is 2.68 bits per heavy atom. The first-order chi connectivity index (χ1) is 10.6. The minimum Gasteiger partial charge on any atom is -0.481 e. The number of rotatable bonds is 6. The first-order valence-corrected chi connectivity index (χ1v) is 8.64. The number of carboxylic acid groups (broad SMARTS) is 1. The third kappa shape index (κ3) is 4.69. The van der Waals surface area contributed by atoms with Crippen LogP contribution in [-0.2, 0) is 11.2 Å². The number of amides is 2. The maximum Gasteiger partial charge on any atom is 0.317 e. The molecule has 7 heteroatoms. The number of aromatic nitrogens is 1. The van der Waals surface area contributed by atoms with Crippen LogP contribution in [0.4, 0.5) is 4.79 Å². The first kappa shape index (κ1) is 16.7. The number of hydrogen-bond donors (Lipinski definition) is 2. The molecule has 1 heterocycles. The summed E-state index contributed by atoms with van der Waals surface area (Å²) in [5.74, 6) is -0.969. The Morgan fingerprint density at radius 1 is 1.41 bits per heavy atom. The summed E-state index contributed by atoms with van der Waals surface area (Å²) in [5, 5.41) is 15.0. The lowest BCUT2D eigenvalue weighted by Gasteiger charge is -2.29. The van der Waals surface area contributed by atoms with Crippen molar-refractivity contribution in [3.05, 3.63) is 16.6 Å². The molecule has 1 aliphatic carbocycles. The van der Waals surface area contributed by atoms with Gasteiger partial charge in [0.1, 0.15) is 0 Å². The van der Waals surface area contributed by atoms with E-state index in [-0.39, 0.29) is 18.0 Å². The number of hydrogen-bond acceptors (Lipinski definition) is 4. The zero-order chi connectivity index (χ0) is 15.9. The zero-order valence-corrected chi connectivity index (χ0v) is 13.6. The summed E-state index contributed by atoms with van der Waals surface area (Å²) >= 11 is 1.60. The third-order valence-corrected chi connectivity index (χ3v) is 4.99. The molecule has 0 spiro atoms. The fourth-order valence-corrected chi connectivity index (χ4v) is 3.37. The van der Waals surface area contributed by atoms with Gasteiger partial charge in [-0.15, -0.1) is 11.3 Å². The van der Waals surface area contributed by atoms with Gasteiger partial charge in [0.15, 0.2) is 0 Å². The largest absolute Gasteiger partial charge is 0.481 e. The van der Waals surface area contributed by atoms with Crippen molar-refractivity contribution in [2.45, 2.75) is 45.1 Å². The second-order valence-corrected chi connectivity index (χ2v) is 6.57. The van der Waals surface area contributed by atoms with Gasteiger partial charge in [0.25, 0.3) is 0 Å². The molecule has 6 nitrogen and oxygen atoms in total. The molecule has 0 radical (unpaired) electrons. The standard InChI is InChI=1S/C15H23N3O3S/c1-2-18(9-7-13-16-8-10-22-13)15(21)17-12-5-3-11(4-6-12)14(19)20/h8,10-12H,2-7,9H2,1H3,(H,17,21)(H,19,20). The summed E-state index contributed by atoms with van der Waals surface area (Å²) in [6.45, 7) is 3.27. The molecule has 2 amide bonds. The molecule has 0 aromatic carbocycles. The maximum absolute atomic E-state index is 12.3. The van der Waals surface area contributed by atoms with Gasteiger partial charge in [-0.25, -0.2) is 9.78 Å². The van der Waals surface area contributed by atoms with Crippen molar-refractivity contribution in [1.29, 1.82) is 0 Å². The number of nitrogens with zero attached hydrogens (tertiary/aromatic N) is 2. The molecule has 1 aliphatic rings. The number of aliphatic carboxylic acids is 1. The maximum atomic E-state index is 12.3. The first-order valence-electron chi connectivity index (χ1n) is 7.76. The van der Waals surface area contributed by atoms with Gasteiger partial charge < -0.3 is 15.3 Å². The van der Waals surface area contributed by atoms with Crippen molar-refractivity contribution in [3.8, 4) is 0 Å². The molecule has 2 rings (SSSR count). The lowest BCUT2D eigenvalue weighted by atomic mass is 9.86. The summed E-state index contributed by atoms with van der Waals surface area (Å²) in [6, 6.07) is 0.0369. The summed E-state index contributed by atoms with van der Waals surface area (Å²) in [6.07, 6.45) is 5.32. The molecule has 0 bridgehead atoms. The van der Waals surface area contributed by atoms with Gasteiger partial charge in [-0.05, 0) is 32.6 Å². The predicted octanol–water partition coefficient (Wildman–Crippen LogP) is 2.36. The summed E-state index contributed by atoms with van der Waals surface area (Å²) < 4.78 is 0. The van der Waals surface area contributed by atoms with Gasteiger partial charge in [-0.1, -0.05) is 0 Å². The molecule has 0 saturated heterocycles. The highest BCUT2D eigenvalue weighted by atomic mass is 32.1. The zero-order valence-electron chi connectivity index (χ0n) is 12.8. The highest BCUT2D eigenvalue weighted by Gasteiger charge is 2.27. The molecule has 122 valence electrons. The SMILES string of the molecule is CCN(CCc1nccs1)C(=O)NC1CCC(C(=O)O)CC1. The lowest BCUT2D eigenvalue weighted by Crippen LogP contribution is -2.46. The summed E-state index contributed by atoms with van der Waals surface area (Å²) in [4.78, 5) is 29.2. The fourth-order valence-electron chi connectivity index (χ4n) is 2.76. The van der Waals surface area contributed by atoms with Crippen molar-refractivity contribution in [2.75, 3.05) is 13.1 Å². The Labute approximate surface area is 134 Å². The molecule has 1 saturated carbocycles. The molecule has 1 fully saturated rings. The Morgan fingerprint density at radius 2 is 2.14 bits per heavy atom. The van der Waals surface area contributed by atoms with Crippen LogP contribution in [0.2, 0.25) is 0 Å². The number of carboxylic acids is 1. The van der Waals surface area contributed by atoms with Crippen LogP contribution in [0.1, 0.15) is 37.6 Å². The van der Waals surface area contributed by atoms with Crippen LogP contribution in [0.25, 0.3) is 0 Å². The van der Waals surface area contributed by atoms with Gasteiger partial charge in [0.05, 0.1) is 10.9 Å². The van der Waals surface area contributed by atoms with Crippen LogP contribution in [0.5, 0.6) is 0 Å². The van der Waals surface area contributed by atoms with E-state index in [1.54, 1.807) is 22.4 Å². The van der Waals surface area contributed by atoms with E-state index in [0.29, 0.717) is 25.9 Å². The number of likely N-dealkylation sites (N-methyl/N-ethyl adjacent to an activating group) is 1. The van der Waals surface area contributed by atoms with E-state index in [9.17, 15) is 9.59 Å². The smallest absolute Gasteiger partial charge is 0.317 e. The second-order valence-electron chi connectivity index (χ2n) is 5.59. The minimum atomic E-state index is -0.719. The lowest BCUT2D eigenvalue weighted by molar-refractivity contribution is -0.142. The van der Waals surface area contributed by atoms with Crippen LogP contribution in [-0.4, -0.2) is 46.1 Å². The monoisotopic (exact) mass is 325 g/mol. The van der Waals surface area contributed by atoms with Crippen LogP contribution in [0, 0.1) is 5.92 Å². The number of carbonyl (C=O) groups is 2. The number of thiazole rings is 1. The molecule has 1 aromatic heterocycles. The Hall–Kier alpha value is -1.63. The van der Waals surface area contributed by atoms with Gasteiger partial charge in [-0.2, -0.15) is 0 Å². The molecular formula is C15H23N3O3S. The molecule has 0 atom stereocenters. The van der Waals surface area contributed by atoms with Crippen molar-refractivity contribution in [1.82, 2.24) is 15.2 Å². The van der Waals surface area contributed by atoms with Crippen LogP contribution in [0.3, 0.4) is 0 Å². The highest BCUT2D eigenvalue weighted by Crippen LogP contribution is 2.24. The predicted molar refractivity (Wildman–Crippen MR) is 85.0 cm³/mol. The minimum absolute atomic E-state index is 0.0576. The normalized spacial score (nSPS) is 21.3. The fraction of sp³-hybridized carbons (Fsp3) is 0.667. The van der Waals surface area contributed by atoms with Crippen molar-refractivity contribution < 1.29 is 14.7 Å². The van der Waals surface area contributed by atoms with Gasteiger partial charge >= 0.3 is 12.0 Å². The summed E-state index contributed by atoms with van der Waals surface area (Å²) in [5.41, 5.74) is 0. The molecule has 0 unspecified atom stereocenters. The van der Waals surface area contributed by atoms with E-state index in [1.165, 1.54) is 0 Å².